The van der Waals surface area contributed by atoms with Gasteiger partial charge in [0.2, 0.25) is 0 Å². The number of rotatable bonds is 4. The van der Waals surface area contributed by atoms with E-state index in [1.54, 1.807) is 41.1 Å². The first kappa shape index (κ1) is 16.4. The first-order valence-corrected chi connectivity index (χ1v) is 8.21. The molecule has 0 atom stereocenters. The van der Waals surface area contributed by atoms with Gasteiger partial charge in [0.25, 0.3) is 0 Å². The van der Waals surface area contributed by atoms with Crippen molar-refractivity contribution in [2.24, 2.45) is 0 Å². The molecule has 4 aromatic rings. The molecule has 0 spiro atoms. The van der Waals surface area contributed by atoms with Crippen molar-refractivity contribution in [1.29, 1.82) is 0 Å². The molecule has 0 saturated carbocycles. The van der Waals surface area contributed by atoms with E-state index < -0.39 is 0 Å². The standard InChI is InChI=1S/C18H13ClFN5O/c1-11-8-17(19)22-18(21-11)15-9-16(14-6-7-26-24-14)25(23-15)10-12-4-2-3-5-13(12)20/h2-9H,10H2,1H3. The second kappa shape index (κ2) is 6.68. The lowest BCUT2D eigenvalue weighted by Gasteiger charge is -2.06. The maximum absolute atomic E-state index is 14.1. The molecule has 26 heavy (non-hydrogen) atoms. The molecule has 0 N–H and O–H groups in total. The van der Waals surface area contributed by atoms with E-state index in [2.05, 4.69) is 20.2 Å². The number of hydrogen-bond acceptors (Lipinski definition) is 5. The summed E-state index contributed by atoms with van der Waals surface area (Å²) in [5.74, 6) is 0.0949. The lowest BCUT2D eigenvalue weighted by Crippen LogP contribution is -2.06. The number of aromatic nitrogens is 5. The van der Waals surface area contributed by atoms with Crippen LogP contribution in [0.15, 0.2) is 53.3 Å². The molecule has 4 rings (SSSR count). The quantitative estimate of drug-likeness (QED) is 0.505. The minimum Gasteiger partial charge on any atom is -0.364 e. The van der Waals surface area contributed by atoms with Crippen molar-refractivity contribution in [3.8, 4) is 22.9 Å². The molecule has 130 valence electrons. The van der Waals surface area contributed by atoms with Crippen LogP contribution in [-0.2, 0) is 6.54 Å². The molecule has 3 heterocycles. The molecule has 0 radical (unpaired) electrons. The van der Waals surface area contributed by atoms with Gasteiger partial charge < -0.3 is 4.52 Å². The third-order valence-electron chi connectivity index (χ3n) is 3.81. The summed E-state index contributed by atoms with van der Waals surface area (Å²) < 4.78 is 20.6. The number of nitrogens with zero attached hydrogens (tertiary/aromatic N) is 5. The molecule has 0 saturated heterocycles. The van der Waals surface area contributed by atoms with Crippen molar-refractivity contribution < 1.29 is 8.91 Å². The lowest BCUT2D eigenvalue weighted by atomic mass is 10.2. The highest BCUT2D eigenvalue weighted by molar-refractivity contribution is 6.29. The van der Waals surface area contributed by atoms with Crippen molar-refractivity contribution in [1.82, 2.24) is 24.9 Å². The zero-order chi connectivity index (χ0) is 18.1. The van der Waals surface area contributed by atoms with Crippen LogP contribution in [0.3, 0.4) is 0 Å². The second-order valence-corrected chi connectivity index (χ2v) is 6.09. The van der Waals surface area contributed by atoms with E-state index in [-0.39, 0.29) is 12.4 Å². The predicted molar refractivity (Wildman–Crippen MR) is 94.0 cm³/mol. The summed E-state index contributed by atoms with van der Waals surface area (Å²) in [5, 5.41) is 8.83. The summed E-state index contributed by atoms with van der Waals surface area (Å²) in [6.45, 7) is 2.06. The molecule has 0 aliphatic rings. The van der Waals surface area contributed by atoms with Gasteiger partial charge in [0.15, 0.2) is 5.82 Å². The van der Waals surface area contributed by atoms with Gasteiger partial charge in [-0.25, -0.2) is 14.4 Å². The minimum absolute atomic E-state index is 0.231. The Hall–Kier alpha value is -3.06. The number of halogens is 2. The molecule has 6 nitrogen and oxygen atoms in total. The van der Waals surface area contributed by atoms with E-state index in [1.807, 2.05) is 6.92 Å². The summed E-state index contributed by atoms with van der Waals surface area (Å²) in [5.41, 5.74) is 3.00. The van der Waals surface area contributed by atoms with Crippen LogP contribution in [0.1, 0.15) is 11.3 Å². The van der Waals surface area contributed by atoms with Crippen molar-refractivity contribution in [3.63, 3.8) is 0 Å². The topological polar surface area (TPSA) is 69.6 Å². The summed E-state index contributed by atoms with van der Waals surface area (Å²) >= 11 is 6.03. The molecule has 0 bridgehead atoms. The van der Waals surface area contributed by atoms with Gasteiger partial charge in [0.05, 0.1) is 12.2 Å². The summed E-state index contributed by atoms with van der Waals surface area (Å²) in [7, 11) is 0. The Kier molecular flexibility index (Phi) is 4.22. The van der Waals surface area contributed by atoms with Gasteiger partial charge in [0, 0.05) is 17.3 Å². The maximum atomic E-state index is 14.1. The molecule has 1 aromatic carbocycles. The normalized spacial score (nSPS) is 11.0. The number of hydrogen-bond donors (Lipinski definition) is 0. The van der Waals surface area contributed by atoms with Crippen LogP contribution in [0.2, 0.25) is 5.15 Å². The number of benzene rings is 1. The SMILES string of the molecule is Cc1cc(Cl)nc(-c2cc(-c3ccon3)n(Cc3ccccc3F)n2)n1. The summed E-state index contributed by atoms with van der Waals surface area (Å²) in [6.07, 6.45) is 1.47. The maximum Gasteiger partial charge on any atom is 0.181 e. The van der Waals surface area contributed by atoms with Crippen LogP contribution in [-0.4, -0.2) is 24.9 Å². The van der Waals surface area contributed by atoms with Crippen LogP contribution >= 0.6 is 11.6 Å². The smallest absolute Gasteiger partial charge is 0.181 e. The largest absolute Gasteiger partial charge is 0.364 e. The fourth-order valence-corrected chi connectivity index (χ4v) is 2.87. The van der Waals surface area contributed by atoms with Crippen molar-refractivity contribution in [2.75, 3.05) is 0 Å². The van der Waals surface area contributed by atoms with Crippen LogP contribution in [0, 0.1) is 12.7 Å². The Balaban J connectivity index is 1.82. The molecular weight excluding hydrogens is 357 g/mol. The average Bonchev–Trinajstić information content (AvgIpc) is 3.25. The van der Waals surface area contributed by atoms with Crippen molar-refractivity contribution >= 4 is 11.6 Å². The molecule has 0 aliphatic carbocycles. The van der Waals surface area contributed by atoms with Gasteiger partial charge >= 0.3 is 0 Å². The van der Waals surface area contributed by atoms with Crippen LogP contribution in [0.5, 0.6) is 0 Å². The molecule has 0 amide bonds. The first-order valence-electron chi connectivity index (χ1n) is 7.84. The van der Waals surface area contributed by atoms with E-state index in [4.69, 9.17) is 16.1 Å². The van der Waals surface area contributed by atoms with Gasteiger partial charge in [-0.15, -0.1) is 0 Å². The Bertz CT molecular complexity index is 1040. The van der Waals surface area contributed by atoms with Crippen molar-refractivity contribution in [2.45, 2.75) is 13.5 Å². The van der Waals surface area contributed by atoms with Gasteiger partial charge in [-0.05, 0) is 25.1 Å². The first-order chi connectivity index (χ1) is 12.6. The molecule has 0 fully saturated rings. The molecule has 0 aliphatic heterocycles. The van der Waals surface area contributed by atoms with Gasteiger partial charge in [0.1, 0.15) is 28.6 Å². The highest BCUT2D eigenvalue weighted by Crippen LogP contribution is 2.25. The molecular formula is C18H13ClFN5O. The van der Waals surface area contributed by atoms with Crippen molar-refractivity contribution in [3.05, 3.63) is 71.0 Å². The molecule has 0 unspecified atom stereocenters. The van der Waals surface area contributed by atoms with Crippen LogP contribution < -0.4 is 0 Å². The van der Waals surface area contributed by atoms with E-state index in [9.17, 15) is 4.39 Å². The summed E-state index contributed by atoms with van der Waals surface area (Å²) in [6, 6.07) is 11.7. The van der Waals surface area contributed by atoms with Crippen LogP contribution in [0.25, 0.3) is 22.9 Å². The Morgan fingerprint density at radius 2 is 1.96 bits per heavy atom. The number of aryl methyl sites for hydroxylation is 1. The zero-order valence-corrected chi connectivity index (χ0v) is 14.5. The van der Waals surface area contributed by atoms with Gasteiger partial charge in [-0.2, -0.15) is 5.10 Å². The Labute approximate surface area is 153 Å². The summed E-state index contributed by atoms with van der Waals surface area (Å²) in [4.78, 5) is 8.60. The highest BCUT2D eigenvalue weighted by Gasteiger charge is 2.17. The minimum atomic E-state index is -0.300. The monoisotopic (exact) mass is 369 g/mol. The zero-order valence-electron chi connectivity index (χ0n) is 13.7. The van der Waals surface area contributed by atoms with E-state index in [0.717, 1.165) is 5.69 Å². The molecule has 8 heteroatoms. The van der Waals surface area contributed by atoms with E-state index in [0.29, 0.717) is 33.6 Å². The third kappa shape index (κ3) is 3.21. The second-order valence-electron chi connectivity index (χ2n) is 5.70. The van der Waals surface area contributed by atoms with E-state index >= 15 is 0 Å². The Morgan fingerprint density at radius 3 is 2.69 bits per heavy atom. The average molecular weight is 370 g/mol. The lowest BCUT2D eigenvalue weighted by molar-refractivity contribution is 0.421. The van der Waals surface area contributed by atoms with E-state index in [1.165, 1.54) is 12.3 Å². The third-order valence-corrected chi connectivity index (χ3v) is 4.00. The predicted octanol–water partition coefficient (Wildman–Crippen LogP) is 4.14. The highest BCUT2D eigenvalue weighted by atomic mass is 35.5. The Morgan fingerprint density at radius 1 is 1.12 bits per heavy atom. The fraction of sp³-hybridized carbons (Fsp3) is 0.111. The van der Waals surface area contributed by atoms with Gasteiger partial charge in [-0.3, -0.25) is 4.68 Å². The molecule has 3 aromatic heterocycles. The van der Waals surface area contributed by atoms with Crippen LogP contribution in [0.4, 0.5) is 4.39 Å². The van der Waals surface area contributed by atoms with Gasteiger partial charge in [-0.1, -0.05) is 35.0 Å². The fourth-order valence-electron chi connectivity index (χ4n) is 2.63.